The standard InChI is InChI=1S/C8H18O2.2C7H6O2/c1-4-7(9)6-8(5-2)10-3;2*8-7(9)6-4-2-1-3-5-6/h7-9H,4-6H2,1-3H3;2*1-5H,(H,8,9). The smallest absolute Gasteiger partial charge is 0.335 e. The van der Waals surface area contributed by atoms with Gasteiger partial charge in [0.1, 0.15) is 0 Å². The second-order valence-corrected chi connectivity index (χ2v) is 5.91. The van der Waals surface area contributed by atoms with Gasteiger partial charge in [-0.1, -0.05) is 50.2 Å². The molecule has 0 aliphatic rings. The van der Waals surface area contributed by atoms with Crippen LogP contribution < -0.4 is 0 Å². The van der Waals surface area contributed by atoms with E-state index in [1.807, 2.05) is 6.92 Å². The summed E-state index contributed by atoms with van der Waals surface area (Å²) in [5, 5.41) is 26.0. The van der Waals surface area contributed by atoms with Gasteiger partial charge in [0, 0.05) is 7.11 Å². The van der Waals surface area contributed by atoms with Gasteiger partial charge in [0.25, 0.3) is 0 Å². The summed E-state index contributed by atoms with van der Waals surface area (Å²) in [7, 11) is 1.69. The Balaban J connectivity index is 0.000000391. The molecular weight excluding hydrogens is 360 g/mol. The molecule has 0 aliphatic heterocycles. The summed E-state index contributed by atoms with van der Waals surface area (Å²) in [6.45, 7) is 4.05. The van der Waals surface area contributed by atoms with Crippen molar-refractivity contribution in [3.05, 3.63) is 71.8 Å². The Labute approximate surface area is 166 Å². The summed E-state index contributed by atoms with van der Waals surface area (Å²) in [6, 6.07) is 16.6. The van der Waals surface area contributed by atoms with Gasteiger partial charge in [-0.15, -0.1) is 0 Å². The van der Waals surface area contributed by atoms with Crippen LogP contribution in [-0.2, 0) is 4.74 Å². The van der Waals surface area contributed by atoms with E-state index in [2.05, 4.69) is 6.92 Å². The molecule has 0 aromatic heterocycles. The Bertz CT molecular complexity index is 604. The van der Waals surface area contributed by atoms with E-state index in [0.29, 0.717) is 11.1 Å². The van der Waals surface area contributed by atoms with Gasteiger partial charge in [-0.2, -0.15) is 0 Å². The lowest BCUT2D eigenvalue weighted by molar-refractivity contribution is 0.0419. The number of rotatable bonds is 7. The Morgan fingerprint density at radius 1 is 0.821 bits per heavy atom. The quantitative estimate of drug-likeness (QED) is 0.650. The second kappa shape index (κ2) is 15.4. The first-order valence-corrected chi connectivity index (χ1v) is 9.13. The molecule has 0 saturated carbocycles. The highest BCUT2D eigenvalue weighted by molar-refractivity contribution is 5.87. The third-order valence-electron chi connectivity index (χ3n) is 3.84. The number of carboxylic acid groups (broad SMARTS) is 2. The van der Waals surface area contributed by atoms with E-state index >= 15 is 0 Å². The molecule has 0 spiro atoms. The topological polar surface area (TPSA) is 104 Å². The molecule has 0 radical (unpaired) electrons. The van der Waals surface area contributed by atoms with E-state index in [9.17, 15) is 14.7 Å². The number of hydrogen-bond acceptors (Lipinski definition) is 4. The molecular formula is C22H30O6. The van der Waals surface area contributed by atoms with Crippen molar-refractivity contribution < 1.29 is 29.6 Å². The van der Waals surface area contributed by atoms with Gasteiger partial charge < -0.3 is 20.1 Å². The van der Waals surface area contributed by atoms with Crippen LogP contribution in [0.25, 0.3) is 0 Å². The summed E-state index contributed by atoms with van der Waals surface area (Å²) >= 11 is 0. The monoisotopic (exact) mass is 390 g/mol. The van der Waals surface area contributed by atoms with Gasteiger partial charge >= 0.3 is 11.9 Å². The van der Waals surface area contributed by atoms with Gasteiger partial charge in [0.15, 0.2) is 0 Å². The molecule has 0 fully saturated rings. The molecule has 0 aliphatic carbocycles. The molecule has 0 bridgehead atoms. The summed E-state index contributed by atoms with van der Waals surface area (Å²) in [4.78, 5) is 20.4. The minimum atomic E-state index is -0.879. The predicted octanol–water partition coefficient (Wildman–Crippen LogP) is 4.34. The Hall–Kier alpha value is -2.70. The van der Waals surface area contributed by atoms with Crippen molar-refractivity contribution in [3.8, 4) is 0 Å². The summed E-state index contributed by atoms with van der Waals surface area (Å²) in [6.07, 6.45) is 2.61. The van der Waals surface area contributed by atoms with Crippen molar-refractivity contribution in [1.82, 2.24) is 0 Å². The average Bonchev–Trinajstić information content (AvgIpc) is 2.74. The molecule has 2 unspecified atom stereocenters. The Morgan fingerprint density at radius 2 is 1.21 bits per heavy atom. The lowest BCUT2D eigenvalue weighted by Gasteiger charge is -2.15. The maximum atomic E-state index is 10.2. The number of carbonyl (C=O) groups is 2. The molecule has 154 valence electrons. The number of hydrogen-bond donors (Lipinski definition) is 3. The van der Waals surface area contributed by atoms with Crippen molar-refractivity contribution in [2.24, 2.45) is 0 Å². The van der Waals surface area contributed by atoms with Gasteiger partial charge in [-0.05, 0) is 43.5 Å². The first-order chi connectivity index (χ1) is 13.3. The van der Waals surface area contributed by atoms with Gasteiger partial charge in [0.2, 0.25) is 0 Å². The third-order valence-corrected chi connectivity index (χ3v) is 3.84. The Kier molecular flexibility index (Phi) is 13.9. The highest BCUT2D eigenvalue weighted by atomic mass is 16.5. The van der Waals surface area contributed by atoms with Crippen molar-refractivity contribution in [1.29, 1.82) is 0 Å². The fourth-order valence-corrected chi connectivity index (χ4v) is 2.06. The predicted molar refractivity (Wildman–Crippen MR) is 109 cm³/mol. The number of aliphatic hydroxyl groups excluding tert-OH is 1. The number of benzene rings is 2. The van der Waals surface area contributed by atoms with Crippen LogP contribution in [-0.4, -0.2) is 46.6 Å². The molecule has 2 rings (SSSR count). The molecule has 28 heavy (non-hydrogen) atoms. The first-order valence-electron chi connectivity index (χ1n) is 9.13. The number of ether oxygens (including phenoxy) is 1. The summed E-state index contributed by atoms with van der Waals surface area (Å²) < 4.78 is 5.11. The van der Waals surface area contributed by atoms with E-state index in [1.54, 1.807) is 67.8 Å². The Morgan fingerprint density at radius 3 is 1.43 bits per heavy atom. The third kappa shape index (κ3) is 11.8. The van der Waals surface area contributed by atoms with Crippen molar-refractivity contribution in [2.45, 2.75) is 45.3 Å². The highest BCUT2D eigenvalue weighted by Crippen LogP contribution is 2.07. The largest absolute Gasteiger partial charge is 0.478 e. The zero-order valence-corrected chi connectivity index (χ0v) is 16.6. The molecule has 2 atom stereocenters. The van der Waals surface area contributed by atoms with Crippen LogP contribution in [0, 0.1) is 0 Å². The van der Waals surface area contributed by atoms with Crippen LogP contribution in [0.15, 0.2) is 60.7 Å². The van der Waals surface area contributed by atoms with E-state index in [0.717, 1.165) is 19.3 Å². The van der Waals surface area contributed by atoms with Gasteiger partial charge in [-0.25, -0.2) is 9.59 Å². The molecule has 6 heteroatoms. The van der Waals surface area contributed by atoms with E-state index < -0.39 is 11.9 Å². The summed E-state index contributed by atoms with van der Waals surface area (Å²) in [5.74, 6) is -1.76. The number of carboxylic acids is 2. The number of aliphatic hydroxyl groups is 1. The van der Waals surface area contributed by atoms with Crippen LogP contribution in [0.5, 0.6) is 0 Å². The molecule has 0 saturated heterocycles. The second-order valence-electron chi connectivity index (χ2n) is 5.91. The fourth-order valence-electron chi connectivity index (χ4n) is 2.06. The van der Waals surface area contributed by atoms with Crippen LogP contribution in [0.1, 0.15) is 53.8 Å². The minimum Gasteiger partial charge on any atom is -0.478 e. The highest BCUT2D eigenvalue weighted by Gasteiger charge is 2.09. The molecule has 0 amide bonds. The van der Waals surface area contributed by atoms with E-state index in [1.165, 1.54) is 0 Å². The fraction of sp³-hybridized carbons (Fsp3) is 0.364. The van der Waals surface area contributed by atoms with E-state index in [4.69, 9.17) is 14.9 Å². The number of aromatic carboxylic acids is 2. The van der Waals surface area contributed by atoms with Crippen LogP contribution in [0.3, 0.4) is 0 Å². The maximum Gasteiger partial charge on any atom is 0.335 e. The number of methoxy groups -OCH3 is 1. The maximum absolute atomic E-state index is 10.2. The molecule has 0 heterocycles. The lowest BCUT2D eigenvalue weighted by atomic mass is 10.1. The van der Waals surface area contributed by atoms with Crippen molar-refractivity contribution in [3.63, 3.8) is 0 Å². The van der Waals surface area contributed by atoms with Crippen LogP contribution in [0.4, 0.5) is 0 Å². The minimum absolute atomic E-state index is 0.190. The zero-order valence-electron chi connectivity index (χ0n) is 16.6. The lowest BCUT2D eigenvalue weighted by Crippen LogP contribution is -2.18. The molecule has 2 aromatic rings. The summed E-state index contributed by atoms with van der Waals surface area (Å²) in [5.41, 5.74) is 0.662. The molecule has 3 N–H and O–H groups in total. The van der Waals surface area contributed by atoms with Crippen LogP contribution >= 0.6 is 0 Å². The zero-order chi connectivity index (χ0) is 21.4. The van der Waals surface area contributed by atoms with Crippen molar-refractivity contribution >= 4 is 11.9 Å². The van der Waals surface area contributed by atoms with Crippen LogP contribution in [0.2, 0.25) is 0 Å². The average molecular weight is 390 g/mol. The first kappa shape index (κ1) is 25.3. The molecule has 2 aromatic carbocycles. The molecule has 6 nitrogen and oxygen atoms in total. The van der Waals surface area contributed by atoms with Crippen molar-refractivity contribution in [2.75, 3.05) is 7.11 Å². The van der Waals surface area contributed by atoms with E-state index in [-0.39, 0.29) is 12.2 Å². The van der Waals surface area contributed by atoms with Gasteiger partial charge in [-0.3, -0.25) is 0 Å². The van der Waals surface area contributed by atoms with Gasteiger partial charge in [0.05, 0.1) is 23.3 Å². The normalized spacial score (nSPS) is 11.7. The SMILES string of the molecule is CCC(O)CC(CC)OC.O=C(O)c1ccccc1.O=C(O)c1ccccc1.